The molecule has 2 fully saturated rings. The minimum Gasteiger partial charge on any atom is -0.356 e. The van der Waals surface area contributed by atoms with Crippen LogP contribution < -0.4 is 10.6 Å². The lowest BCUT2D eigenvalue weighted by Crippen LogP contribution is -2.46. The molecule has 142 valence electrons. The molecule has 1 saturated carbocycles. The topological polar surface area (TPSA) is 39.7 Å². The van der Waals surface area contributed by atoms with Gasteiger partial charge in [0.05, 0.1) is 0 Å². The van der Waals surface area contributed by atoms with E-state index >= 15 is 0 Å². The lowest BCUT2D eigenvalue weighted by molar-refractivity contribution is 0.179. The van der Waals surface area contributed by atoms with Crippen molar-refractivity contribution in [2.75, 3.05) is 26.7 Å². The van der Waals surface area contributed by atoms with Crippen LogP contribution in [0.2, 0.25) is 0 Å². The molecule has 2 aliphatic rings. The van der Waals surface area contributed by atoms with E-state index in [9.17, 15) is 0 Å². The Kier molecular flexibility index (Phi) is 9.55. The average Bonchev–Trinajstić information content (AvgIpc) is 3.14. The monoisotopic (exact) mass is 476 g/mol. The first kappa shape index (κ1) is 21.0. The minimum absolute atomic E-state index is 0. The standard InChI is InChI=1S/C19H32N4S.HI/c1-20-19(22-17-6-3-2-4-7-17)21-14-16-9-11-23(12-10-16)15-18-8-5-13-24-18;/h5,8,13,16-17H,2-4,6-7,9-12,14-15H2,1H3,(H2,20,21,22);1H. The molecule has 4 nitrogen and oxygen atoms in total. The van der Waals surface area contributed by atoms with Crippen LogP contribution in [0.1, 0.15) is 49.8 Å². The van der Waals surface area contributed by atoms with Crippen molar-refractivity contribution in [1.82, 2.24) is 15.5 Å². The molecule has 25 heavy (non-hydrogen) atoms. The predicted molar refractivity (Wildman–Crippen MR) is 119 cm³/mol. The van der Waals surface area contributed by atoms with E-state index in [1.165, 1.54) is 62.9 Å². The van der Waals surface area contributed by atoms with Gasteiger partial charge in [0, 0.05) is 31.1 Å². The van der Waals surface area contributed by atoms with Crippen LogP contribution in [0.4, 0.5) is 0 Å². The van der Waals surface area contributed by atoms with Crippen molar-refractivity contribution >= 4 is 41.3 Å². The van der Waals surface area contributed by atoms with E-state index in [-0.39, 0.29) is 24.0 Å². The summed E-state index contributed by atoms with van der Waals surface area (Å²) in [6.45, 7) is 4.62. The minimum atomic E-state index is 0. The van der Waals surface area contributed by atoms with Gasteiger partial charge in [0.25, 0.3) is 0 Å². The van der Waals surface area contributed by atoms with Crippen LogP contribution in [0, 0.1) is 5.92 Å². The van der Waals surface area contributed by atoms with Gasteiger partial charge in [0.15, 0.2) is 5.96 Å². The molecule has 1 aromatic heterocycles. The molecule has 0 aromatic carbocycles. The Bertz CT molecular complexity index is 492. The molecule has 0 bridgehead atoms. The van der Waals surface area contributed by atoms with Gasteiger partial charge in [0.1, 0.15) is 0 Å². The number of likely N-dealkylation sites (tertiary alicyclic amines) is 1. The highest BCUT2D eigenvalue weighted by molar-refractivity contribution is 14.0. The molecule has 0 radical (unpaired) electrons. The Morgan fingerprint density at radius 1 is 1.20 bits per heavy atom. The van der Waals surface area contributed by atoms with E-state index in [1.54, 1.807) is 0 Å². The molecule has 1 aliphatic heterocycles. The van der Waals surface area contributed by atoms with Gasteiger partial charge < -0.3 is 10.6 Å². The number of halogens is 1. The third kappa shape index (κ3) is 7.06. The Balaban J connectivity index is 0.00000225. The van der Waals surface area contributed by atoms with E-state index in [2.05, 4.69) is 38.0 Å². The lowest BCUT2D eigenvalue weighted by atomic mass is 9.95. The van der Waals surface area contributed by atoms with Crippen molar-refractivity contribution in [1.29, 1.82) is 0 Å². The van der Waals surface area contributed by atoms with Gasteiger partial charge in [0.2, 0.25) is 0 Å². The van der Waals surface area contributed by atoms with E-state index in [0.717, 1.165) is 25.0 Å². The second-order valence-corrected chi connectivity index (χ2v) is 8.26. The van der Waals surface area contributed by atoms with Gasteiger partial charge >= 0.3 is 0 Å². The molecule has 3 rings (SSSR count). The fourth-order valence-electron chi connectivity index (χ4n) is 3.85. The lowest BCUT2D eigenvalue weighted by Gasteiger charge is -2.32. The zero-order valence-corrected chi connectivity index (χ0v) is 18.5. The Labute approximate surface area is 173 Å². The summed E-state index contributed by atoms with van der Waals surface area (Å²) in [5.41, 5.74) is 0. The van der Waals surface area contributed by atoms with Crippen molar-refractivity contribution in [2.45, 2.75) is 57.5 Å². The highest BCUT2D eigenvalue weighted by atomic mass is 127. The van der Waals surface area contributed by atoms with E-state index in [1.807, 2.05) is 18.4 Å². The summed E-state index contributed by atoms with van der Waals surface area (Å²) < 4.78 is 0. The Morgan fingerprint density at radius 3 is 2.60 bits per heavy atom. The zero-order chi connectivity index (χ0) is 16.6. The second-order valence-electron chi connectivity index (χ2n) is 7.23. The van der Waals surface area contributed by atoms with Crippen LogP contribution in [0.25, 0.3) is 0 Å². The van der Waals surface area contributed by atoms with Crippen molar-refractivity contribution in [3.05, 3.63) is 22.4 Å². The highest BCUT2D eigenvalue weighted by Crippen LogP contribution is 2.20. The zero-order valence-electron chi connectivity index (χ0n) is 15.4. The summed E-state index contributed by atoms with van der Waals surface area (Å²) in [6.07, 6.45) is 9.28. The van der Waals surface area contributed by atoms with Gasteiger partial charge in [-0.1, -0.05) is 25.3 Å². The first-order valence-electron chi connectivity index (χ1n) is 9.55. The predicted octanol–water partition coefficient (Wildman–Crippen LogP) is 4.08. The van der Waals surface area contributed by atoms with Crippen molar-refractivity contribution in [3.8, 4) is 0 Å². The van der Waals surface area contributed by atoms with E-state index in [4.69, 9.17) is 0 Å². The van der Waals surface area contributed by atoms with Crippen LogP contribution in [-0.2, 0) is 6.54 Å². The number of aliphatic imine (C=N–C) groups is 1. The quantitative estimate of drug-likeness (QED) is 0.382. The molecule has 1 saturated heterocycles. The fourth-order valence-corrected chi connectivity index (χ4v) is 4.59. The molecule has 2 N–H and O–H groups in total. The summed E-state index contributed by atoms with van der Waals surface area (Å²) in [7, 11) is 1.89. The van der Waals surface area contributed by atoms with Gasteiger partial charge in [-0.2, -0.15) is 0 Å². The number of nitrogens with zero attached hydrogens (tertiary/aromatic N) is 2. The van der Waals surface area contributed by atoms with Crippen molar-refractivity contribution in [2.24, 2.45) is 10.9 Å². The molecule has 0 atom stereocenters. The molecule has 1 aliphatic carbocycles. The van der Waals surface area contributed by atoms with Crippen molar-refractivity contribution in [3.63, 3.8) is 0 Å². The molecular formula is C19H33IN4S. The molecule has 1 aromatic rings. The summed E-state index contributed by atoms with van der Waals surface area (Å²) >= 11 is 1.87. The average molecular weight is 476 g/mol. The summed E-state index contributed by atoms with van der Waals surface area (Å²) in [4.78, 5) is 8.50. The number of thiophene rings is 1. The van der Waals surface area contributed by atoms with Gasteiger partial charge in [-0.25, -0.2) is 0 Å². The third-order valence-electron chi connectivity index (χ3n) is 5.39. The SMILES string of the molecule is CN=C(NCC1CCN(Cc2cccs2)CC1)NC1CCCCC1.I. The summed E-state index contributed by atoms with van der Waals surface area (Å²) in [6, 6.07) is 5.03. The Morgan fingerprint density at radius 2 is 1.96 bits per heavy atom. The van der Waals surface area contributed by atoms with E-state index < -0.39 is 0 Å². The smallest absolute Gasteiger partial charge is 0.191 e. The maximum absolute atomic E-state index is 4.42. The first-order chi connectivity index (χ1) is 11.8. The van der Waals surface area contributed by atoms with Gasteiger partial charge in [-0.3, -0.25) is 9.89 Å². The number of rotatable bonds is 5. The first-order valence-corrected chi connectivity index (χ1v) is 10.4. The van der Waals surface area contributed by atoms with Crippen LogP contribution >= 0.6 is 35.3 Å². The number of guanidine groups is 1. The molecule has 0 unspecified atom stereocenters. The number of nitrogens with one attached hydrogen (secondary N) is 2. The molecule has 0 amide bonds. The number of hydrogen-bond acceptors (Lipinski definition) is 3. The largest absolute Gasteiger partial charge is 0.356 e. The van der Waals surface area contributed by atoms with Gasteiger partial charge in [-0.15, -0.1) is 35.3 Å². The van der Waals surface area contributed by atoms with E-state index in [0.29, 0.717) is 6.04 Å². The maximum atomic E-state index is 4.42. The van der Waals surface area contributed by atoms with Gasteiger partial charge in [-0.05, 0) is 56.1 Å². The van der Waals surface area contributed by atoms with Crippen LogP contribution in [0.15, 0.2) is 22.5 Å². The normalized spacial score (nSPS) is 20.9. The third-order valence-corrected chi connectivity index (χ3v) is 6.26. The van der Waals surface area contributed by atoms with Crippen molar-refractivity contribution < 1.29 is 0 Å². The molecular weight excluding hydrogens is 443 g/mol. The molecule has 6 heteroatoms. The molecule has 2 heterocycles. The maximum Gasteiger partial charge on any atom is 0.191 e. The molecule has 0 spiro atoms. The summed E-state index contributed by atoms with van der Waals surface area (Å²) in [5.74, 6) is 1.78. The number of piperidine rings is 1. The van der Waals surface area contributed by atoms with Crippen LogP contribution in [0.5, 0.6) is 0 Å². The second kappa shape index (κ2) is 11.4. The number of hydrogen-bond donors (Lipinski definition) is 2. The Hall–Kier alpha value is -0.340. The fraction of sp³-hybridized carbons (Fsp3) is 0.737. The highest BCUT2D eigenvalue weighted by Gasteiger charge is 2.20. The van der Waals surface area contributed by atoms with Crippen LogP contribution in [0.3, 0.4) is 0 Å². The van der Waals surface area contributed by atoms with Crippen LogP contribution in [-0.4, -0.2) is 43.6 Å². The summed E-state index contributed by atoms with van der Waals surface area (Å²) in [5, 5.41) is 9.36.